The van der Waals surface area contributed by atoms with Crippen LogP contribution in [0.25, 0.3) is 10.8 Å². The van der Waals surface area contributed by atoms with Crippen LogP contribution in [0.1, 0.15) is 12.5 Å². The third kappa shape index (κ3) is 6.87. The number of nitrogens with zero attached hydrogens (tertiary/aromatic N) is 5. The second-order valence-corrected chi connectivity index (χ2v) is 12.5. The quantitative estimate of drug-likeness (QED) is 0.122. The van der Waals surface area contributed by atoms with Gasteiger partial charge in [-0.3, -0.25) is 9.11 Å². The Morgan fingerprint density at radius 3 is 1.77 bits per heavy atom. The van der Waals surface area contributed by atoms with Crippen molar-refractivity contribution in [3.8, 4) is 0 Å². The van der Waals surface area contributed by atoms with Crippen molar-refractivity contribution in [2.75, 3.05) is 11.4 Å². The first-order chi connectivity index (χ1) is 20.9. The van der Waals surface area contributed by atoms with E-state index in [2.05, 4.69) is 20.5 Å². The van der Waals surface area contributed by atoms with E-state index in [1.54, 1.807) is 48.5 Å². The molecule has 0 radical (unpaired) electrons. The number of hydrogen-bond donors (Lipinski definition) is 2. The number of aryl methyl sites for hydroxylation is 1. The maximum atomic E-state index is 12.4. The molecule has 0 unspecified atom stereocenters. The van der Waals surface area contributed by atoms with Crippen LogP contribution < -0.4 is 4.90 Å². The molecule has 5 rings (SSSR count). The molecule has 11 nitrogen and oxygen atoms in total. The molecule has 0 spiro atoms. The molecule has 0 atom stereocenters. The highest BCUT2D eigenvalue weighted by atomic mass is 32.2. The molecule has 0 aliphatic carbocycles. The van der Waals surface area contributed by atoms with Gasteiger partial charge in [0.25, 0.3) is 20.2 Å². The summed E-state index contributed by atoms with van der Waals surface area (Å²) in [6, 6.07) is 28.2. The third-order valence-electron chi connectivity index (χ3n) is 6.73. The number of benzene rings is 5. The van der Waals surface area contributed by atoms with Crippen LogP contribution in [0.4, 0.5) is 34.1 Å². The molecule has 5 aromatic rings. The van der Waals surface area contributed by atoms with Gasteiger partial charge in [0.15, 0.2) is 0 Å². The fourth-order valence-corrected chi connectivity index (χ4v) is 5.73. The maximum absolute atomic E-state index is 12.4. The summed E-state index contributed by atoms with van der Waals surface area (Å²) in [7, 11) is -9.04. The van der Waals surface area contributed by atoms with Crippen LogP contribution >= 0.6 is 0 Å². The Balaban J connectivity index is 1.50. The SMILES string of the molecule is CCN(c1ccc(C)cc1)c1ccc(N=Nc2ccc(N=Nc3cccc(S(=O)(=O)O)c3)c3ccccc23)c(S(=O)(=O)O)c1. The van der Waals surface area contributed by atoms with Crippen molar-refractivity contribution in [3.05, 3.63) is 109 Å². The van der Waals surface area contributed by atoms with Crippen molar-refractivity contribution in [1.82, 2.24) is 0 Å². The lowest BCUT2D eigenvalue weighted by Gasteiger charge is -2.24. The molecule has 0 amide bonds. The molecule has 5 aromatic carbocycles. The van der Waals surface area contributed by atoms with Crippen LogP contribution in [0, 0.1) is 6.92 Å². The van der Waals surface area contributed by atoms with Gasteiger partial charge in [-0.15, -0.1) is 15.3 Å². The van der Waals surface area contributed by atoms with Crippen molar-refractivity contribution >= 4 is 65.1 Å². The number of azo groups is 2. The first-order valence-corrected chi connectivity index (χ1v) is 16.2. The molecule has 0 heterocycles. The normalized spacial score (nSPS) is 12.4. The first kappa shape index (κ1) is 30.6. The van der Waals surface area contributed by atoms with E-state index in [9.17, 15) is 25.9 Å². The molecular weight excluding hydrogens is 603 g/mol. The minimum absolute atomic E-state index is 0.0391. The van der Waals surface area contributed by atoms with Gasteiger partial charge >= 0.3 is 0 Å². The molecule has 0 aliphatic rings. The van der Waals surface area contributed by atoms with E-state index in [1.807, 2.05) is 43.0 Å². The Morgan fingerprint density at radius 1 is 0.614 bits per heavy atom. The molecular formula is C31H27N5O6S2. The second kappa shape index (κ2) is 12.4. The summed E-state index contributed by atoms with van der Waals surface area (Å²) < 4.78 is 67.1. The Morgan fingerprint density at radius 2 is 1.18 bits per heavy atom. The Bertz CT molecular complexity index is 2130. The standard InChI is InChI=1S/C31H27N5O6S2/c1-3-36(23-13-11-21(2)12-14-23)24-15-16-30(31(20-24)44(40,41)42)35-34-29-18-17-28(26-9-4-5-10-27(26)29)33-32-22-7-6-8-25(19-22)43(37,38)39/h4-20H,3H2,1-2H3,(H,37,38,39)(H,40,41,42). The summed E-state index contributed by atoms with van der Waals surface area (Å²) in [4.78, 5) is 1.23. The van der Waals surface area contributed by atoms with E-state index in [-0.39, 0.29) is 21.2 Å². The molecule has 44 heavy (non-hydrogen) atoms. The fraction of sp³-hybridized carbons (Fsp3) is 0.0968. The highest BCUT2D eigenvalue weighted by Crippen LogP contribution is 2.37. The maximum Gasteiger partial charge on any atom is 0.296 e. The van der Waals surface area contributed by atoms with E-state index in [0.29, 0.717) is 34.4 Å². The van der Waals surface area contributed by atoms with Gasteiger partial charge in [-0.05, 0) is 74.5 Å². The van der Waals surface area contributed by atoms with Crippen LogP contribution in [0.2, 0.25) is 0 Å². The van der Waals surface area contributed by atoms with Crippen LogP contribution in [-0.2, 0) is 20.2 Å². The molecule has 0 fully saturated rings. The predicted octanol–water partition coefficient (Wildman–Crippen LogP) is 8.63. The van der Waals surface area contributed by atoms with Crippen LogP contribution in [0.3, 0.4) is 0 Å². The highest BCUT2D eigenvalue weighted by molar-refractivity contribution is 7.86. The van der Waals surface area contributed by atoms with E-state index in [0.717, 1.165) is 11.3 Å². The van der Waals surface area contributed by atoms with Crippen LogP contribution in [-0.4, -0.2) is 32.5 Å². The monoisotopic (exact) mass is 629 g/mol. The minimum Gasteiger partial charge on any atom is -0.342 e. The lowest BCUT2D eigenvalue weighted by atomic mass is 10.1. The van der Waals surface area contributed by atoms with Crippen molar-refractivity contribution in [2.24, 2.45) is 20.5 Å². The minimum atomic E-state index is -4.65. The van der Waals surface area contributed by atoms with Crippen LogP contribution in [0.5, 0.6) is 0 Å². The zero-order valence-corrected chi connectivity index (χ0v) is 25.2. The van der Waals surface area contributed by atoms with Crippen molar-refractivity contribution in [3.63, 3.8) is 0 Å². The first-order valence-electron chi connectivity index (χ1n) is 13.3. The number of anilines is 2. The molecule has 0 aliphatic heterocycles. The van der Waals surface area contributed by atoms with Gasteiger partial charge in [-0.25, -0.2) is 0 Å². The molecule has 0 saturated carbocycles. The second-order valence-electron chi connectivity index (χ2n) is 9.73. The van der Waals surface area contributed by atoms with Gasteiger partial charge in [0.1, 0.15) is 10.6 Å². The van der Waals surface area contributed by atoms with Gasteiger partial charge < -0.3 is 4.90 Å². The van der Waals surface area contributed by atoms with Gasteiger partial charge in [0.2, 0.25) is 0 Å². The van der Waals surface area contributed by atoms with Crippen molar-refractivity contribution in [2.45, 2.75) is 23.6 Å². The lowest BCUT2D eigenvalue weighted by molar-refractivity contribution is 0.481. The molecule has 0 aromatic heterocycles. The summed E-state index contributed by atoms with van der Waals surface area (Å²) in [5.74, 6) is 0. The molecule has 224 valence electrons. The highest BCUT2D eigenvalue weighted by Gasteiger charge is 2.19. The predicted molar refractivity (Wildman–Crippen MR) is 169 cm³/mol. The fourth-order valence-electron chi connectivity index (χ4n) is 4.57. The van der Waals surface area contributed by atoms with Gasteiger partial charge in [0, 0.05) is 28.7 Å². The topological polar surface area (TPSA) is 161 Å². The number of fused-ring (bicyclic) bond motifs is 1. The van der Waals surface area contributed by atoms with Gasteiger partial charge in [-0.2, -0.15) is 21.9 Å². The van der Waals surface area contributed by atoms with Gasteiger partial charge in [-0.1, -0.05) is 48.0 Å². The average Bonchev–Trinajstić information content (AvgIpc) is 3.00. The Labute approximate surface area is 254 Å². The van der Waals surface area contributed by atoms with E-state index in [4.69, 9.17) is 0 Å². The summed E-state index contributed by atoms with van der Waals surface area (Å²) in [5, 5.41) is 18.2. The Kier molecular flexibility index (Phi) is 8.65. The zero-order valence-electron chi connectivity index (χ0n) is 23.6. The Hall–Kier alpha value is -4.82. The third-order valence-corrected chi connectivity index (χ3v) is 8.46. The molecule has 0 saturated heterocycles. The molecule has 2 N–H and O–H groups in total. The molecule has 13 heteroatoms. The summed E-state index contributed by atoms with van der Waals surface area (Å²) >= 11 is 0. The largest absolute Gasteiger partial charge is 0.342 e. The average molecular weight is 630 g/mol. The smallest absolute Gasteiger partial charge is 0.296 e. The number of hydrogen-bond acceptors (Lipinski definition) is 9. The van der Waals surface area contributed by atoms with Crippen LogP contribution in [0.15, 0.2) is 133 Å². The number of rotatable bonds is 9. The molecule has 0 bridgehead atoms. The summed E-state index contributed by atoms with van der Waals surface area (Å²) in [6.45, 7) is 4.47. The van der Waals surface area contributed by atoms with Crippen molar-refractivity contribution in [1.29, 1.82) is 0 Å². The van der Waals surface area contributed by atoms with Crippen molar-refractivity contribution < 1.29 is 25.9 Å². The van der Waals surface area contributed by atoms with Gasteiger partial charge in [0.05, 0.1) is 22.0 Å². The lowest BCUT2D eigenvalue weighted by Crippen LogP contribution is -2.16. The van der Waals surface area contributed by atoms with E-state index >= 15 is 0 Å². The summed E-state index contributed by atoms with van der Waals surface area (Å²) in [5.41, 5.74) is 3.56. The summed E-state index contributed by atoms with van der Waals surface area (Å²) in [6.07, 6.45) is 0. The van der Waals surface area contributed by atoms with E-state index < -0.39 is 20.2 Å². The van der Waals surface area contributed by atoms with E-state index in [1.165, 1.54) is 30.3 Å². The zero-order chi connectivity index (χ0) is 31.5.